The lowest BCUT2D eigenvalue weighted by Crippen LogP contribution is -2.13. The fraction of sp³-hybridized carbons (Fsp3) is 0.0833. The van der Waals surface area contributed by atoms with Crippen molar-refractivity contribution >= 4 is 33.2 Å². The van der Waals surface area contributed by atoms with Crippen molar-refractivity contribution in [3.05, 3.63) is 46.2 Å². The molecule has 0 aliphatic carbocycles. The molecule has 0 spiro atoms. The number of hydrogen-bond donors (Lipinski definition) is 3. The molecule has 88 valence electrons. The summed E-state index contributed by atoms with van der Waals surface area (Å²) in [7, 11) is 0. The lowest BCUT2D eigenvalue weighted by molar-refractivity contribution is 0.102. The van der Waals surface area contributed by atoms with Gasteiger partial charge in [-0.2, -0.15) is 0 Å². The van der Waals surface area contributed by atoms with E-state index >= 15 is 0 Å². The largest absolute Gasteiger partial charge is 0.397 e. The number of hydrogen-bond acceptors (Lipinski definition) is 2. The molecule has 5 heteroatoms. The maximum absolute atomic E-state index is 11.9. The molecule has 2 aromatic rings. The van der Waals surface area contributed by atoms with Gasteiger partial charge in [-0.3, -0.25) is 4.79 Å². The van der Waals surface area contributed by atoms with Crippen molar-refractivity contribution in [2.75, 3.05) is 11.1 Å². The number of benzene rings is 1. The number of anilines is 2. The highest BCUT2D eigenvalue weighted by Gasteiger charge is 2.10. The van der Waals surface area contributed by atoms with Crippen molar-refractivity contribution in [2.45, 2.75) is 6.92 Å². The molecule has 1 aromatic carbocycles. The summed E-state index contributed by atoms with van der Waals surface area (Å²) in [4.78, 5) is 14.7. The topological polar surface area (TPSA) is 70.9 Å². The predicted molar refractivity (Wildman–Crippen MR) is 72.0 cm³/mol. The third kappa shape index (κ3) is 2.50. The molecule has 17 heavy (non-hydrogen) atoms. The summed E-state index contributed by atoms with van der Waals surface area (Å²) in [6, 6.07) is 7.25. The fourth-order valence-electron chi connectivity index (χ4n) is 1.47. The Morgan fingerprint density at radius 3 is 2.88 bits per heavy atom. The number of rotatable bonds is 2. The van der Waals surface area contributed by atoms with Gasteiger partial charge in [0.1, 0.15) is 5.69 Å². The Morgan fingerprint density at radius 2 is 2.24 bits per heavy atom. The Balaban J connectivity index is 2.21. The van der Waals surface area contributed by atoms with E-state index in [9.17, 15) is 4.79 Å². The molecule has 1 heterocycles. The van der Waals surface area contributed by atoms with Crippen LogP contribution in [0.2, 0.25) is 0 Å². The van der Waals surface area contributed by atoms with Crippen LogP contribution in [0.15, 0.2) is 34.9 Å². The lowest BCUT2D eigenvalue weighted by atomic mass is 10.2. The standard InChI is InChI=1S/C12H12BrN3O/c1-7-9(13)3-2-4-10(7)16-12(17)11-5-8(14)6-15-11/h2-6,15H,14H2,1H3,(H,16,17). The summed E-state index contributed by atoms with van der Waals surface area (Å²) in [5, 5.41) is 2.82. The summed E-state index contributed by atoms with van der Waals surface area (Å²) in [5.41, 5.74) is 8.30. The molecular weight excluding hydrogens is 282 g/mol. The van der Waals surface area contributed by atoms with Crippen molar-refractivity contribution < 1.29 is 4.79 Å². The highest BCUT2D eigenvalue weighted by Crippen LogP contribution is 2.23. The monoisotopic (exact) mass is 293 g/mol. The number of halogens is 1. The molecule has 4 N–H and O–H groups in total. The van der Waals surface area contributed by atoms with E-state index in [1.165, 1.54) is 0 Å². The third-order valence-electron chi connectivity index (χ3n) is 2.47. The Hall–Kier alpha value is -1.75. The second-order valence-corrected chi connectivity index (χ2v) is 4.57. The van der Waals surface area contributed by atoms with Crippen molar-refractivity contribution in [3.8, 4) is 0 Å². The summed E-state index contributed by atoms with van der Waals surface area (Å²) in [5.74, 6) is -0.206. The molecule has 0 bridgehead atoms. The van der Waals surface area contributed by atoms with E-state index in [0.29, 0.717) is 11.4 Å². The molecule has 0 atom stereocenters. The van der Waals surface area contributed by atoms with Crippen LogP contribution in [0.25, 0.3) is 0 Å². The van der Waals surface area contributed by atoms with E-state index in [-0.39, 0.29) is 5.91 Å². The van der Waals surface area contributed by atoms with Crippen LogP contribution in [0.1, 0.15) is 16.1 Å². The van der Waals surface area contributed by atoms with Gasteiger partial charge in [0.15, 0.2) is 0 Å². The van der Waals surface area contributed by atoms with Crippen LogP contribution in [0.5, 0.6) is 0 Å². The second-order valence-electron chi connectivity index (χ2n) is 3.71. The van der Waals surface area contributed by atoms with Crippen LogP contribution in [0, 0.1) is 6.92 Å². The van der Waals surface area contributed by atoms with Crippen molar-refractivity contribution in [1.82, 2.24) is 4.98 Å². The van der Waals surface area contributed by atoms with E-state index in [0.717, 1.165) is 15.7 Å². The quantitative estimate of drug-likeness (QED) is 0.797. The lowest BCUT2D eigenvalue weighted by Gasteiger charge is -2.08. The highest BCUT2D eigenvalue weighted by molar-refractivity contribution is 9.10. The average molecular weight is 294 g/mol. The second kappa shape index (κ2) is 4.63. The minimum absolute atomic E-state index is 0.206. The first-order valence-electron chi connectivity index (χ1n) is 5.08. The molecular formula is C12H12BrN3O. The van der Waals surface area contributed by atoms with Gasteiger partial charge in [-0.15, -0.1) is 0 Å². The van der Waals surface area contributed by atoms with Gasteiger partial charge in [0.2, 0.25) is 0 Å². The SMILES string of the molecule is Cc1c(Br)cccc1NC(=O)c1cc(N)c[nH]1. The van der Waals surface area contributed by atoms with Gasteiger partial charge in [-0.25, -0.2) is 0 Å². The fourth-order valence-corrected chi connectivity index (χ4v) is 1.84. The van der Waals surface area contributed by atoms with Crippen LogP contribution in [-0.2, 0) is 0 Å². The number of nitrogen functional groups attached to an aromatic ring is 1. The van der Waals surface area contributed by atoms with Crippen LogP contribution in [-0.4, -0.2) is 10.9 Å². The van der Waals surface area contributed by atoms with E-state index in [2.05, 4.69) is 26.2 Å². The number of carbonyl (C=O) groups is 1. The molecule has 0 aliphatic rings. The van der Waals surface area contributed by atoms with Crippen molar-refractivity contribution in [3.63, 3.8) is 0 Å². The summed E-state index contributed by atoms with van der Waals surface area (Å²) in [6.45, 7) is 1.93. The molecule has 1 aromatic heterocycles. The number of nitrogens with two attached hydrogens (primary N) is 1. The van der Waals surface area contributed by atoms with E-state index in [1.807, 2.05) is 25.1 Å². The number of aromatic nitrogens is 1. The Kier molecular flexibility index (Phi) is 3.19. The summed E-state index contributed by atoms with van der Waals surface area (Å²) in [6.07, 6.45) is 1.59. The van der Waals surface area contributed by atoms with Gasteiger partial charge in [0.05, 0.1) is 0 Å². The summed E-state index contributed by atoms with van der Waals surface area (Å²) >= 11 is 3.42. The molecule has 4 nitrogen and oxygen atoms in total. The normalized spacial score (nSPS) is 10.2. The minimum Gasteiger partial charge on any atom is -0.397 e. The van der Waals surface area contributed by atoms with E-state index in [1.54, 1.807) is 12.3 Å². The molecule has 0 fully saturated rings. The number of nitrogens with one attached hydrogen (secondary N) is 2. The Morgan fingerprint density at radius 1 is 1.47 bits per heavy atom. The molecule has 0 aliphatic heterocycles. The van der Waals surface area contributed by atoms with Crippen LogP contribution in [0.3, 0.4) is 0 Å². The highest BCUT2D eigenvalue weighted by atomic mass is 79.9. The van der Waals surface area contributed by atoms with Crippen molar-refractivity contribution in [1.29, 1.82) is 0 Å². The van der Waals surface area contributed by atoms with Gasteiger partial charge < -0.3 is 16.0 Å². The van der Waals surface area contributed by atoms with Crippen LogP contribution >= 0.6 is 15.9 Å². The molecule has 0 saturated heterocycles. The molecule has 0 unspecified atom stereocenters. The van der Waals surface area contributed by atoms with Gasteiger partial charge >= 0.3 is 0 Å². The zero-order valence-corrected chi connectivity index (χ0v) is 10.8. The van der Waals surface area contributed by atoms with Crippen LogP contribution < -0.4 is 11.1 Å². The van der Waals surface area contributed by atoms with Gasteiger partial charge in [-0.05, 0) is 30.7 Å². The maximum Gasteiger partial charge on any atom is 0.272 e. The van der Waals surface area contributed by atoms with Gasteiger partial charge in [0, 0.05) is 22.0 Å². The zero-order chi connectivity index (χ0) is 12.4. The number of amides is 1. The molecule has 2 rings (SSSR count). The maximum atomic E-state index is 11.9. The zero-order valence-electron chi connectivity index (χ0n) is 9.25. The number of carbonyl (C=O) groups excluding carboxylic acids is 1. The Labute approximate surface area is 107 Å². The average Bonchev–Trinajstić information content (AvgIpc) is 2.72. The minimum atomic E-state index is -0.206. The molecule has 1 amide bonds. The molecule has 0 radical (unpaired) electrons. The van der Waals surface area contributed by atoms with E-state index < -0.39 is 0 Å². The predicted octanol–water partition coefficient (Wildman–Crippen LogP) is 2.92. The first-order valence-corrected chi connectivity index (χ1v) is 5.87. The van der Waals surface area contributed by atoms with Gasteiger partial charge in [0.25, 0.3) is 5.91 Å². The number of H-pyrrole nitrogens is 1. The van der Waals surface area contributed by atoms with Crippen LogP contribution in [0.4, 0.5) is 11.4 Å². The first-order chi connectivity index (χ1) is 8.08. The number of aromatic amines is 1. The van der Waals surface area contributed by atoms with E-state index in [4.69, 9.17) is 5.73 Å². The third-order valence-corrected chi connectivity index (χ3v) is 3.32. The van der Waals surface area contributed by atoms with Gasteiger partial charge in [-0.1, -0.05) is 22.0 Å². The summed E-state index contributed by atoms with van der Waals surface area (Å²) < 4.78 is 0.960. The Bertz CT molecular complexity index is 563. The first kappa shape index (κ1) is 11.7. The molecule has 0 saturated carbocycles. The van der Waals surface area contributed by atoms with Crippen molar-refractivity contribution in [2.24, 2.45) is 0 Å². The smallest absolute Gasteiger partial charge is 0.272 e.